The van der Waals surface area contributed by atoms with Gasteiger partial charge in [-0.05, 0) is 48.9 Å². The smallest absolute Gasteiger partial charge is 0.339 e. The normalized spacial score (nSPS) is 10.2. The molecule has 2 rings (SSSR count). The highest BCUT2D eigenvalue weighted by molar-refractivity contribution is 6.31. The zero-order valence-electron chi connectivity index (χ0n) is 11.1. The van der Waals surface area contributed by atoms with Crippen molar-refractivity contribution in [3.05, 3.63) is 58.1 Å². The first-order valence-corrected chi connectivity index (χ1v) is 6.40. The number of carboxylic acid groups (broad SMARTS) is 1. The molecule has 0 heterocycles. The molecular weight excluding hydrogens is 294 g/mol. The lowest BCUT2D eigenvalue weighted by Crippen LogP contribution is -2.12. The van der Waals surface area contributed by atoms with E-state index in [1.807, 2.05) is 0 Å². The number of halogens is 1. The van der Waals surface area contributed by atoms with Crippen LogP contribution in [-0.2, 0) is 0 Å². The summed E-state index contributed by atoms with van der Waals surface area (Å²) in [5, 5.41) is 21.5. The van der Waals surface area contributed by atoms with Gasteiger partial charge >= 0.3 is 5.97 Å². The third-order valence-corrected chi connectivity index (χ3v) is 3.33. The summed E-state index contributed by atoms with van der Waals surface area (Å²) in [7, 11) is 0. The van der Waals surface area contributed by atoms with Crippen molar-refractivity contribution in [2.75, 3.05) is 5.32 Å². The quantitative estimate of drug-likeness (QED) is 0.759. The molecule has 0 saturated carbocycles. The van der Waals surface area contributed by atoms with Crippen LogP contribution in [0.3, 0.4) is 0 Å². The molecule has 1 amide bonds. The molecule has 6 heteroatoms. The number of hydrogen-bond acceptors (Lipinski definition) is 3. The molecule has 2 aromatic carbocycles. The molecule has 0 radical (unpaired) electrons. The molecule has 0 fully saturated rings. The highest BCUT2D eigenvalue weighted by Gasteiger charge is 2.12. The summed E-state index contributed by atoms with van der Waals surface area (Å²) in [4.78, 5) is 23.0. The SMILES string of the molecule is Cc1cc(C(=O)Nc2ccc(O)c(C(=O)O)c2)ccc1Cl. The summed E-state index contributed by atoms with van der Waals surface area (Å²) in [6.45, 7) is 1.78. The molecule has 0 atom stereocenters. The number of aryl methyl sites for hydroxylation is 1. The fraction of sp³-hybridized carbons (Fsp3) is 0.0667. The van der Waals surface area contributed by atoms with E-state index in [1.165, 1.54) is 18.2 Å². The van der Waals surface area contributed by atoms with Gasteiger partial charge in [0.2, 0.25) is 0 Å². The molecule has 21 heavy (non-hydrogen) atoms. The van der Waals surface area contributed by atoms with Gasteiger partial charge in [0.05, 0.1) is 0 Å². The Labute approximate surface area is 125 Å². The van der Waals surface area contributed by atoms with E-state index in [1.54, 1.807) is 25.1 Å². The second-order valence-electron chi connectivity index (χ2n) is 4.46. The lowest BCUT2D eigenvalue weighted by atomic mass is 10.1. The van der Waals surface area contributed by atoms with E-state index in [9.17, 15) is 14.7 Å². The van der Waals surface area contributed by atoms with Crippen molar-refractivity contribution in [2.24, 2.45) is 0 Å². The fourth-order valence-corrected chi connectivity index (χ4v) is 1.89. The lowest BCUT2D eigenvalue weighted by molar-refractivity contribution is 0.0693. The van der Waals surface area contributed by atoms with Crippen molar-refractivity contribution in [1.82, 2.24) is 0 Å². The van der Waals surface area contributed by atoms with Gasteiger partial charge < -0.3 is 15.5 Å². The molecule has 2 aromatic rings. The number of aromatic carboxylic acids is 1. The average Bonchev–Trinajstić information content (AvgIpc) is 2.43. The van der Waals surface area contributed by atoms with Gasteiger partial charge in [0, 0.05) is 16.3 Å². The van der Waals surface area contributed by atoms with E-state index in [-0.39, 0.29) is 17.0 Å². The van der Waals surface area contributed by atoms with Crippen molar-refractivity contribution < 1.29 is 19.8 Å². The van der Waals surface area contributed by atoms with Crippen LogP contribution in [0.25, 0.3) is 0 Å². The Morgan fingerprint density at radius 1 is 1.14 bits per heavy atom. The molecule has 5 nitrogen and oxygen atoms in total. The third-order valence-electron chi connectivity index (χ3n) is 2.90. The average molecular weight is 306 g/mol. The predicted molar refractivity (Wildman–Crippen MR) is 79.2 cm³/mol. The molecule has 0 bridgehead atoms. The van der Waals surface area contributed by atoms with Crippen molar-refractivity contribution in [3.63, 3.8) is 0 Å². The Morgan fingerprint density at radius 2 is 1.86 bits per heavy atom. The zero-order chi connectivity index (χ0) is 15.6. The standard InChI is InChI=1S/C15H12ClNO4/c1-8-6-9(2-4-12(8)16)14(19)17-10-3-5-13(18)11(7-10)15(20)21/h2-7,18H,1H3,(H,17,19)(H,20,21). The molecule has 108 valence electrons. The van der Waals surface area contributed by atoms with Crippen LogP contribution < -0.4 is 5.32 Å². The number of aromatic hydroxyl groups is 1. The molecule has 0 spiro atoms. The maximum absolute atomic E-state index is 12.1. The number of carbonyl (C=O) groups excluding carboxylic acids is 1. The summed E-state index contributed by atoms with van der Waals surface area (Å²) < 4.78 is 0. The van der Waals surface area contributed by atoms with E-state index in [2.05, 4.69) is 5.32 Å². The highest BCUT2D eigenvalue weighted by atomic mass is 35.5. The predicted octanol–water partition coefficient (Wildman–Crippen LogP) is 3.30. The maximum atomic E-state index is 12.1. The Balaban J connectivity index is 2.25. The van der Waals surface area contributed by atoms with Gasteiger partial charge in [-0.15, -0.1) is 0 Å². The molecule has 0 unspecified atom stereocenters. The summed E-state index contributed by atoms with van der Waals surface area (Å²) in [5.41, 5.74) is 1.17. The van der Waals surface area contributed by atoms with Crippen LogP contribution in [0.2, 0.25) is 5.02 Å². The van der Waals surface area contributed by atoms with Crippen LogP contribution in [0, 0.1) is 6.92 Å². The van der Waals surface area contributed by atoms with Crippen LogP contribution in [0.4, 0.5) is 5.69 Å². The van der Waals surface area contributed by atoms with E-state index < -0.39 is 11.9 Å². The Bertz CT molecular complexity index is 728. The van der Waals surface area contributed by atoms with Gasteiger partial charge in [0.25, 0.3) is 5.91 Å². The van der Waals surface area contributed by atoms with Gasteiger partial charge in [-0.2, -0.15) is 0 Å². The van der Waals surface area contributed by atoms with Crippen LogP contribution in [0.1, 0.15) is 26.3 Å². The number of amides is 1. The summed E-state index contributed by atoms with van der Waals surface area (Å²) in [6.07, 6.45) is 0. The van der Waals surface area contributed by atoms with Gasteiger partial charge in [-0.25, -0.2) is 4.79 Å². The Hall–Kier alpha value is -2.53. The largest absolute Gasteiger partial charge is 0.507 e. The van der Waals surface area contributed by atoms with Gasteiger partial charge in [0.1, 0.15) is 11.3 Å². The highest BCUT2D eigenvalue weighted by Crippen LogP contribution is 2.22. The second-order valence-corrected chi connectivity index (χ2v) is 4.86. The topological polar surface area (TPSA) is 86.6 Å². The first-order valence-electron chi connectivity index (χ1n) is 6.02. The maximum Gasteiger partial charge on any atom is 0.339 e. The van der Waals surface area contributed by atoms with Crippen LogP contribution in [0.15, 0.2) is 36.4 Å². The fourth-order valence-electron chi connectivity index (χ4n) is 1.77. The molecule has 0 aliphatic heterocycles. The van der Waals surface area contributed by atoms with E-state index >= 15 is 0 Å². The minimum atomic E-state index is -1.27. The first-order chi connectivity index (χ1) is 9.88. The molecule has 0 aliphatic rings. The monoisotopic (exact) mass is 305 g/mol. The van der Waals surface area contributed by atoms with Gasteiger partial charge in [-0.3, -0.25) is 4.79 Å². The second kappa shape index (κ2) is 5.85. The van der Waals surface area contributed by atoms with Crippen LogP contribution >= 0.6 is 11.6 Å². The molecule has 3 N–H and O–H groups in total. The summed E-state index contributed by atoms with van der Waals surface area (Å²) >= 11 is 5.89. The minimum Gasteiger partial charge on any atom is -0.507 e. The first kappa shape index (κ1) is 14.9. The van der Waals surface area contributed by atoms with Crippen LogP contribution in [0.5, 0.6) is 5.75 Å². The lowest BCUT2D eigenvalue weighted by Gasteiger charge is -2.08. The number of benzene rings is 2. The van der Waals surface area contributed by atoms with Crippen molar-refractivity contribution >= 4 is 29.2 Å². The number of carbonyl (C=O) groups is 2. The number of anilines is 1. The van der Waals surface area contributed by atoms with Crippen molar-refractivity contribution in [3.8, 4) is 5.75 Å². The van der Waals surface area contributed by atoms with Crippen molar-refractivity contribution in [2.45, 2.75) is 6.92 Å². The van der Waals surface area contributed by atoms with Gasteiger partial charge in [-0.1, -0.05) is 11.6 Å². The minimum absolute atomic E-state index is 0.278. The molecule has 0 saturated heterocycles. The number of phenols is 1. The zero-order valence-corrected chi connectivity index (χ0v) is 11.8. The summed E-state index contributed by atoms with van der Waals surface area (Å²) in [5.74, 6) is -2.02. The van der Waals surface area contributed by atoms with Crippen molar-refractivity contribution in [1.29, 1.82) is 0 Å². The number of nitrogens with one attached hydrogen (secondary N) is 1. The summed E-state index contributed by atoms with van der Waals surface area (Å²) in [6, 6.07) is 8.65. The van der Waals surface area contributed by atoms with E-state index in [0.717, 1.165) is 5.56 Å². The Kier molecular flexibility index (Phi) is 4.14. The number of hydrogen-bond donors (Lipinski definition) is 3. The van der Waals surface area contributed by atoms with Gasteiger partial charge in [0.15, 0.2) is 0 Å². The Morgan fingerprint density at radius 3 is 2.48 bits per heavy atom. The van der Waals surface area contributed by atoms with Crippen LogP contribution in [-0.4, -0.2) is 22.1 Å². The molecule has 0 aliphatic carbocycles. The third kappa shape index (κ3) is 3.32. The molecule has 0 aromatic heterocycles. The number of rotatable bonds is 3. The number of carboxylic acids is 1. The molecular formula is C15H12ClNO4. The van der Waals surface area contributed by atoms with E-state index in [4.69, 9.17) is 16.7 Å². The van der Waals surface area contributed by atoms with E-state index in [0.29, 0.717) is 10.6 Å².